The van der Waals surface area contributed by atoms with Crippen molar-refractivity contribution in [2.75, 3.05) is 31.6 Å². The van der Waals surface area contributed by atoms with Crippen LogP contribution < -0.4 is 27.0 Å². The first-order valence-electron chi connectivity index (χ1n) is 18.8. The zero-order valence-electron chi connectivity index (χ0n) is 32.2. The molecule has 13 nitrogen and oxygen atoms in total. The molecule has 57 heavy (non-hydrogen) atoms. The van der Waals surface area contributed by atoms with E-state index in [0.29, 0.717) is 30.5 Å². The Labute approximate surface area is 331 Å². The molecule has 0 unspecified atom stereocenters. The molecule has 14 heteroatoms. The van der Waals surface area contributed by atoms with Gasteiger partial charge in [0.15, 0.2) is 5.78 Å². The number of nitrogens with zero attached hydrogens (tertiary/aromatic N) is 2. The zero-order chi connectivity index (χ0) is 41.5. The van der Waals surface area contributed by atoms with E-state index < -0.39 is 48.5 Å². The van der Waals surface area contributed by atoms with E-state index in [1.807, 2.05) is 48.8 Å². The topological polar surface area (TPSA) is 205 Å². The van der Waals surface area contributed by atoms with Gasteiger partial charge in [0, 0.05) is 31.3 Å². The number of rotatable bonds is 21. The minimum Gasteiger partial charge on any atom is -0.394 e. The minimum atomic E-state index is -1.24. The summed E-state index contributed by atoms with van der Waals surface area (Å²) in [6.45, 7) is 0.803. The van der Waals surface area contributed by atoms with E-state index in [1.165, 1.54) is 53.2 Å². The number of carbonyl (C=O) groups excluding carboxylic acids is 6. The van der Waals surface area contributed by atoms with Gasteiger partial charge in [-0.25, -0.2) is 4.39 Å². The lowest BCUT2D eigenvalue weighted by atomic mass is 9.98. The monoisotopic (exact) mass is 781 g/mol. The molecule has 0 aromatic heterocycles. The summed E-state index contributed by atoms with van der Waals surface area (Å²) in [7, 11) is 1.49. The molecule has 0 aliphatic heterocycles. The van der Waals surface area contributed by atoms with Crippen LogP contribution in [0.2, 0.25) is 0 Å². The van der Waals surface area contributed by atoms with Crippen molar-refractivity contribution in [2.45, 2.75) is 69.6 Å². The number of hydrogen-bond donors (Lipinski definition) is 5. The molecule has 301 valence electrons. The van der Waals surface area contributed by atoms with Crippen molar-refractivity contribution in [3.63, 3.8) is 0 Å². The van der Waals surface area contributed by atoms with Crippen LogP contribution in [0, 0.1) is 5.82 Å². The van der Waals surface area contributed by atoms with E-state index in [2.05, 4.69) is 10.6 Å². The summed E-state index contributed by atoms with van der Waals surface area (Å²) in [5, 5.41) is 17.1. The fraction of sp³-hybridized carbons (Fsp3) is 0.349. The molecule has 0 fully saturated rings. The van der Waals surface area contributed by atoms with E-state index in [1.54, 1.807) is 19.1 Å². The highest BCUT2D eigenvalue weighted by atomic mass is 19.1. The number of unbranched alkanes of at least 4 members (excludes halogenated alkanes) is 1. The summed E-state index contributed by atoms with van der Waals surface area (Å²) in [5.41, 5.74) is 13.9. The van der Waals surface area contributed by atoms with Crippen LogP contribution in [-0.4, -0.2) is 96.6 Å². The van der Waals surface area contributed by atoms with Crippen LogP contribution in [0.3, 0.4) is 0 Å². The van der Waals surface area contributed by atoms with Gasteiger partial charge in [0.25, 0.3) is 0 Å². The maximum Gasteiger partial charge on any atom is 0.250 e. The molecule has 4 aromatic carbocycles. The predicted molar refractivity (Wildman–Crippen MR) is 215 cm³/mol. The van der Waals surface area contributed by atoms with E-state index in [0.717, 1.165) is 21.9 Å². The van der Waals surface area contributed by atoms with Gasteiger partial charge >= 0.3 is 0 Å². The van der Waals surface area contributed by atoms with E-state index >= 15 is 0 Å². The standard InChI is InChI=1S/C43H50FN6O7/c1-28(49(2)40(54)22-15-29-13-18-33(44)19-14-29)43(57)50(34-20-16-31(17-21-34)39(53)25-45)35(26-51)11-5-6-23-47-42(56)38(27-52)48-41(55)37(46)24-32-10-7-9-30-8-3-4-12-36(30)32/h3-4,7-10,12-14,16-21,28,35,37-38,52H,5-6,11,15,22-25,27,45-46H2,1-2H3,(H,47,56)(H,48,55)/t28-,35+,37-,38-/m0/s1. The van der Waals surface area contributed by atoms with Crippen molar-refractivity contribution in [2.24, 2.45) is 11.5 Å². The smallest absolute Gasteiger partial charge is 0.250 e. The van der Waals surface area contributed by atoms with Crippen LogP contribution in [-0.2, 0) is 36.8 Å². The first kappa shape index (κ1) is 43.9. The van der Waals surface area contributed by atoms with Crippen molar-refractivity contribution in [3.8, 4) is 0 Å². The molecular weight excluding hydrogens is 732 g/mol. The Balaban J connectivity index is 1.34. The number of aryl methyl sites for hydroxylation is 1. The number of carbonyl (C=O) groups is 5. The molecule has 4 amide bonds. The van der Waals surface area contributed by atoms with Gasteiger partial charge in [0.2, 0.25) is 29.9 Å². The number of nitrogens with one attached hydrogen (secondary N) is 2. The van der Waals surface area contributed by atoms with Crippen LogP contribution in [0.5, 0.6) is 0 Å². The Kier molecular flexibility index (Phi) is 16.5. The van der Waals surface area contributed by atoms with Gasteiger partial charge in [-0.15, -0.1) is 0 Å². The van der Waals surface area contributed by atoms with Crippen molar-refractivity contribution in [1.29, 1.82) is 0 Å². The summed E-state index contributed by atoms with van der Waals surface area (Å²) in [6, 6.07) is 20.9. The Hall–Kier alpha value is -5.83. The number of fused-ring (bicyclic) bond motifs is 1. The van der Waals surface area contributed by atoms with Gasteiger partial charge in [-0.3, -0.25) is 33.7 Å². The number of anilines is 1. The van der Waals surface area contributed by atoms with Gasteiger partial charge in [-0.05, 0) is 97.3 Å². The van der Waals surface area contributed by atoms with E-state index in [-0.39, 0.29) is 49.9 Å². The maximum atomic E-state index is 14.1. The highest BCUT2D eigenvalue weighted by Gasteiger charge is 2.33. The Bertz CT molecular complexity index is 2000. The highest BCUT2D eigenvalue weighted by Crippen LogP contribution is 2.24. The van der Waals surface area contributed by atoms with Crippen LogP contribution in [0.15, 0.2) is 91.0 Å². The largest absolute Gasteiger partial charge is 0.394 e. The summed E-state index contributed by atoms with van der Waals surface area (Å²) >= 11 is 0. The molecule has 4 rings (SSSR count). The molecule has 0 spiro atoms. The average Bonchev–Trinajstić information content (AvgIpc) is 3.23. The van der Waals surface area contributed by atoms with E-state index in [9.17, 15) is 38.3 Å². The number of Topliss-reactive ketones (excluding diaryl/α,β-unsaturated/α-hetero) is 1. The number of halogens is 1. The summed E-state index contributed by atoms with van der Waals surface area (Å²) in [4.78, 5) is 80.2. The Morgan fingerprint density at radius 2 is 1.58 bits per heavy atom. The number of aliphatic hydroxyl groups excluding tert-OH is 1. The van der Waals surface area contributed by atoms with Crippen molar-refractivity contribution in [3.05, 3.63) is 114 Å². The second-order valence-electron chi connectivity index (χ2n) is 13.8. The first-order chi connectivity index (χ1) is 27.4. The molecule has 1 radical (unpaired) electrons. The lowest BCUT2D eigenvalue weighted by molar-refractivity contribution is -0.137. The van der Waals surface area contributed by atoms with Gasteiger partial charge in [0.05, 0.1) is 19.2 Å². The lowest BCUT2D eigenvalue weighted by Gasteiger charge is -2.34. The van der Waals surface area contributed by atoms with Crippen LogP contribution in [0.1, 0.15) is 54.1 Å². The number of aliphatic hydroxyl groups is 1. The molecule has 0 saturated heterocycles. The molecule has 0 bridgehead atoms. The van der Waals surface area contributed by atoms with Crippen LogP contribution in [0.25, 0.3) is 10.8 Å². The molecule has 4 atom stereocenters. The fourth-order valence-corrected chi connectivity index (χ4v) is 6.36. The normalized spacial score (nSPS) is 13.2. The summed E-state index contributed by atoms with van der Waals surface area (Å²) in [5.74, 6) is -2.82. The minimum absolute atomic E-state index is 0.0589. The number of ketones is 1. The summed E-state index contributed by atoms with van der Waals surface area (Å²) < 4.78 is 13.3. The Morgan fingerprint density at radius 1 is 0.895 bits per heavy atom. The Morgan fingerprint density at radius 3 is 2.25 bits per heavy atom. The molecule has 0 aliphatic carbocycles. The number of hydrogen-bond acceptors (Lipinski definition) is 9. The summed E-state index contributed by atoms with van der Waals surface area (Å²) in [6.07, 6.45) is 3.40. The average molecular weight is 782 g/mol. The van der Waals surface area contributed by atoms with Crippen molar-refractivity contribution in [1.82, 2.24) is 15.5 Å². The number of nitrogens with two attached hydrogens (primary N) is 2. The van der Waals surface area contributed by atoms with Crippen molar-refractivity contribution >= 4 is 52.2 Å². The SMILES string of the molecule is C[C@@H](C(=O)N(c1ccc(C(=O)CN)cc1)[C@@H]([C]=O)CCCCNC(=O)[C@H](CO)NC(=O)[C@@H](N)Cc1cccc2ccccc12)N(C)C(=O)CCc1ccc(F)cc1. The predicted octanol–water partition coefficient (Wildman–Crippen LogP) is 2.74. The van der Waals surface area contributed by atoms with Gasteiger partial charge in [-0.2, -0.15) is 0 Å². The van der Waals surface area contributed by atoms with Gasteiger partial charge in [0.1, 0.15) is 23.9 Å². The second kappa shape index (κ2) is 21.5. The van der Waals surface area contributed by atoms with Gasteiger partial charge < -0.3 is 32.1 Å². The molecule has 0 heterocycles. The van der Waals surface area contributed by atoms with E-state index in [4.69, 9.17) is 11.5 Å². The number of benzene rings is 4. The quantitative estimate of drug-likeness (QED) is 0.0622. The van der Waals surface area contributed by atoms with Crippen molar-refractivity contribution < 1.29 is 38.3 Å². The fourth-order valence-electron chi connectivity index (χ4n) is 6.36. The molecule has 4 aromatic rings. The third-order valence-corrected chi connectivity index (χ3v) is 9.89. The number of amides is 4. The first-order valence-corrected chi connectivity index (χ1v) is 18.8. The maximum absolute atomic E-state index is 14.1. The number of likely N-dealkylation sites (N-methyl/N-ethyl adjacent to an activating group) is 1. The lowest BCUT2D eigenvalue weighted by Crippen LogP contribution is -2.53. The third kappa shape index (κ3) is 12.1. The third-order valence-electron chi connectivity index (χ3n) is 9.89. The van der Waals surface area contributed by atoms with Crippen LogP contribution in [0.4, 0.5) is 10.1 Å². The molecule has 0 aliphatic rings. The van der Waals surface area contributed by atoms with Crippen LogP contribution >= 0.6 is 0 Å². The van der Waals surface area contributed by atoms with Gasteiger partial charge in [-0.1, -0.05) is 54.6 Å². The molecule has 7 N–H and O–H groups in total. The zero-order valence-corrected chi connectivity index (χ0v) is 32.2. The molecule has 0 saturated carbocycles. The second-order valence-corrected chi connectivity index (χ2v) is 13.8. The highest BCUT2D eigenvalue weighted by molar-refractivity contribution is 6.03. The molecular formula is C43H50FN6O7.